The molecule has 1 amide bonds. The first-order valence-corrected chi connectivity index (χ1v) is 11.8. The Morgan fingerprint density at radius 1 is 1.34 bits per heavy atom. The van der Waals surface area contributed by atoms with Gasteiger partial charge in [0, 0.05) is 36.5 Å². The second-order valence-electron chi connectivity index (χ2n) is 7.24. The van der Waals surface area contributed by atoms with Gasteiger partial charge in [0.15, 0.2) is 0 Å². The summed E-state index contributed by atoms with van der Waals surface area (Å²) in [5.41, 5.74) is 7.74. The highest BCUT2D eigenvalue weighted by Crippen LogP contribution is 2.35. The van der Waals surface area contributed by atoms with Gasteiger partial charge in [0.25, 0.3) is 0 Å². The van der Waals surface area contributed by atoms with E-state index in [0.717, 1.165) is 36.0 Å². The molecule has 0 radical (unpaired) electrons. The molecule has 2 N–H and O–H groups in total. The molecular weight excluding hydrogens is 406 g/mol. The zero-order chi connectivity index (χ0) is 20.4. The zero-order valence-electron chi connectivity index (χ0n) is 16.3. The van der Waals surface area contributed by atoms with E-state index in [-0.39, 0.29) is 21.6 Å². The number of carbonyl (C=O) groups excluding carboxylic acids is 1. The third-order valence-electron chi connectivity index (χ3n) is 5.39. The summed E-state index contributed by atoms with van der Waals surface area (Å²) in [7, 11) is 5.99. The second kappa shape index (κ2) is 8.65. The number of carbonyl (C=O) groups is 1. The van der Waals surface area contributed by atoms with Crippen molar-refractivity contribution < 1.29 is 4.79 Å². The third-order valence-corrected chi connectivity index (χ3v) is 7.54. The number of aromatic nitrogens is 2. The standard InChI is InChI=1S/C21H24ClN5OS/c1-15-21(28)27(10-9-26(15)8-2-4-17-5-3-11-29(17)22)13-16-6-7-18-19(12-16)24-14-25-20(18)23/h2,4-7,11-12,14-15H,3,8-10,13H2,1H3,(H2,23,24,25)/t15-,29?/m0/s1. The molecule has 1 unspecified atom stereocenters. The van der Waals surface area contributed by atoms with Crippen molar-refractivity contribution in [2.24, 2.45) is 0 Å². The van der Waals surface area contributed by atoms with Crippen molar-refractivity contribution in [3.63, 3.8) is 0 Å². The number of benzene rings is 1. The van der Waals surface area contributed by atoms with Crippen LogP contribution in [0.2, 0.25) is 0 Å². The van der Waals surface area contributed by atoms with Crippen LogP contribution in [0.25, 0.3) is 10.9 Å². The number of hydrogen-bond donors (Lipinski definition) is 1. The highest BCUT2D eigenvalue weighted by molar-refractivity contribution is 8.37. The maximum absolute atomic E-state index is 12.9. The fraction of sp³-hybridized carbons (Fsp3) is 0.333. The van der Waals surface area contributed by atoms with Gasteiger partial charge in [0.1, 0.15) is 12.1 Å². The molecule has 2 atom stereocenters. The average molecular weight is 430 g/mol. The zero-order valence-corrected chi connectivity index (χ0v) is 17.9. The number of amides is 1. The molecular formula is C21H24ClN5OS. The highest BCUT2D eigenvalue weighted by atomic mass is 35.7. The van der Waals surface area contributed by atoms with Crippen molar-refractivity contribution in [1.29, 1.82) is 0 Å². The van der Waals surface area contributed by atoms with Crippen LogP contribution in [0.3, 0.4) is 0 Å². The van der Waals surface area contributed by atoms with Crippen molar-refractivity contribution in [1.82, 2.24) is 19.8 Å². The summed E-state index contributed by atoms with van der Waals surface area (Å²) < 4.78 is 0. The van der Waals surface area contributed by atoms with E-state index in [1.165, 1.54) is 11.2 Å². The maximum atomic E-state index is 12.9. The van der Waals surface area contributed by atoms with Crippen molar-refractivity contribution >= 4 is 48.4 Å². The molecule has 6 nitrogen and oxygen atoms in total. The van der Waals surface area contributed by atoms with Gasteiger partial charge >= 0.3 is 0 Å². The Kier molecular flexibility index (Phi) is 5.99. The molecule has 1 aromatic heterocycles. The van der Waals surface area contributed by atoms with E-state index in [9.17, 15) is 4.79 Å². The lowest BCUT2D eigenvalue weighted by Crippen LogP contribution is -2.55. The van der Waals surface area contributed by atoms with Crippen molar-refractivity contribution in [2.75, 3.05) is 25.4 Å². The third kappa shape index (κ3) is 4.37. The molecule has 1 aromatic carbocycles. The number of piperazine rings is 1. The van der Waals surface area contributed by atoms with Gasteiger partial charge in [0.05, 0.1) is 11.6 Å². The predicted octanol–water partition coefficient (Wildman–Crippen LogP) is 3.31. The van der Waals surface area contributed by atoms with Crippen LogP contribution in [0.1, 0.15) is 18.9 Å². The first-order chi connectivity index (χ1) is 14.0. The Hall–Kier alpha value is -2.22. The molecule has 0 bridgehead atoms. The topological polar surface area (TPSA) is 75.3 Å². The minimum absolute atomic E-state index is 0.148. The number of anilines is 1. The van der Waals surface area contributed by atoms with Crippen molar-refractivity contribution in [2.45, 2.75) is 25.9 Å². The monoisotopic (exact) mass is 429 g/mol. The number of nitrogen functional groups attached to an aromatic ring is 1. The maximum Gasteiger partial charge on any atom is 0.239 e. The largest absolute Gasteiger partial charge is 0.383 e. The van der Waals surface area contributed by atoms with Crippen molar-refractivity contribution in [3.8, 4) is 0 Å². The number of fused-ring (bicyclic) bond motifs is 1. The molecule has 0 spiro atoms. The van der Waals surface area contributed by atoms with Crippen LogP contribution >= 0.6 is 20.4 Å². The molecule has 152 valence electrons. The van der Waals surface area contributed by atoms with Crippen LogP contribution in [0.5, 0.6) is 0 Å². The van der Waals surface area contributed by atoms with E-state index in [2.05, 4.69) is 38.5 Å². The van der Waals surface area contributed by atoms with Gasteiger partial charge in [-0.2, -0.15) is 0 Å². The summed E-state index contributed by atoms with van der Waals surface area (Å²) in [5, 5.41) is 2.95. The number of nitrogens with two attached hydrogens (primary N) is 1. The van der Waals surface area contributed by atoms with Gasteiger partial charge in [-0.15, -0.1) is 0 Å². The van der Waals surface area contributed by atoms with Crippen LogP contribution in [0, 0.1) is 0 Å². The Labute approximate surface area is 177 Å². The van der Waals surface area contributed by atoms with Crippen LogP contribution in [-0.4, -0.2) is 56.7 Å². The van der Waals surface area contributed by atoms with Crippen LogP contribution < -0.4 is 5.73 Å². The summed E-state index contributed by atoms with van der Waals surface area (Å²) in [6.07, 6.45) is 8.76. The van der Waals surface area contributed by atoms with Gasteiger partial charge in [-0.05, 0) is 47.1 Å². The number of hydrogen-bond acceptors (Lipinski definition) is 5. The van der Waals surface area contributed by atoms with E-state index in [1.54, 1.807) is 0 Å². The summed E-state index contributed by atoms with van der Waals surface area (Å²) >= 11 is 0. The summed E-state index contributed by atoms with van der Waals surface area (Å²) in [6, 6.07) is 5.75. The molecule has 1 saturated heterocycles. The fourth-order valence-corrected chi connectivity index (χ4v) is 5.18. The van der Waals surface area contributed by atoms with E-state index in [1.807, 2.05) is 30.0 Å². The molecule has 8 heteroatoms. The lowest BCUT2D eigenvalue weighted by atomic mass is 10.1. The SMILES string of the molecule is C[C@H]1C(=O)N(Cc2ccc3c(N)ncnc3c2)CCN1CC=CC1=CCC=S1Cl. The van der Waals surface area contributed by atoms with Gasteiger partial charge < -0.3 is 10.6 Å². The average Bonchev–Trinajstić information content (AvgIpc) is 3.12. The Morgan fingerprint density at radius 3 is 3.00 bits per heavy atom. The first-order valence-electron chi connectivity index (χ1n) is 9.64. The minimum Gasteiger partial charge on any atom is -0.383 e. The fourth-order valence-electron chi connectivity index (χ4n) is 3.68. The van der Waals surface area contributed by atoms with Gasteiger partial charge in [-0.3, -0.25) is 9.69 Å². The second-order valence-corrected chi connectivity index (χ2v) is 9.61. The minimum atomic E-state index is -0.262. The summed E-state index contributed by atoms with van der Waals surface area (Å²) in [5.74, 6) is 0.623. The molecule has 2 aliphatic rings. The summed E-state index contributed by atoms with van der Waals surface area (Å²) in [4.78, 5) is 26.5. The number of allylic oxidation sites excluding steroid dienone is 2. The normalized spacial score (nSPS) is 23.0. The molecule has 29 heavy (non-hydrogen) atoms. The van der Waals surface area contributed by atoms with Crippen LogP contribution in [0.4, 0.5) is 5.82 Å². The van der Waals surface area contributed by atoms with Gasteiger partial charge in [-0.1, -0.05) is 34.0 Å². The predicted molar refractivity (Wildman–Crippen MR) is 122 cm³/mol. The molecule has 2 aliphatic heterocycles. The smallest absolute Gasteiger partial charge is 0.239 e. The molecule has 3 heterocycles. The molecule has 0 aliphatic carbocycles. The van der Waals surface area contributed by atoms with E-state index < -0.39 is 0 Å². The molecule has 2 aromatic rings. The Bertz CT molecular complexity index is 1030. The number of halogens is 1. The highest BCUT2D eigenvalue weighted by Gasteiger charge is 2.30. The summed E-state index contributed by atoms with van der Waals surface area (Å²) in [6.45, 7) is 4.85. The first kappa shape index (κ1) is 20.1. The number of rotatable bonds is 5. The lowest BCUT2D eigenvalue weighted by Gasteiger charge is -2.38. The Morgan fingerprint density at radius 2 is 2.21 bits per heavy atom. The van der Waals surface area contributed by atoms with Crippen molar-refractivity contribution in [3.05, 3.63) is 53.2 Å². The van der Waals surface area contributed by atoms with E-state index in [0.29, 0.717) is 18.9 Å². The quantitative estimate of drug-likeness (QED) is 0.738. The Balaban J connectivity index is 1.38. The van der Waals surface area contributed by atoms with Gasteiger partial charge in [-0.25, -0.2) is 9.97 Å². The lowest BCUT2D eigenvalue weighted by molar-refractivity contribution is -0.141. The van der Waals surface area contributed by atoms with Crippen LogP contribution in [-0.2, 0) is 11.3 Å². The van der Waals surface area contributed by atoms with E-state index >= 15 is 0 Å². The van der Waals surface area contributed by atoms with Gasteiger partial charge in [0.2, 0.25) is 5.91 Å². The molecule has 1 fully saturated rings. The van der Waals surface area contributed by atoms with Crippen LogP contribution in [0.15, 0.2) is 47.7 Å². The van der Waals surface area contributed by atoms with E-state index in [4.69, 9.17) is 16.4 Å². The molecule has 0 saturated carbocycles. The molecule has 4 rings (SSSR count). The number of nitrogens with zero attached hydrogens (tertiary/aromatic N) is 4.